The van der Waals surface area contributed by atoms with Crippen molar-refractivity contribution in [3.05, 3.63) is 70.4 Å². The number of phenolic OH excluding ortho intramolecular Hbond substituents is 1. The molecule has 2 aromatic rings. The number of thioether (sulfide) groups is 1. The van der Waals surface area contributed by atoms with E-state index in [0.717, 1.165) is 11.8 Å². The van der Waals surface area contributed by atoms with E-state index in [1.807, 2.05) is 0 Å². The number of hydrazine groups is 1. The van der Waals surface area contributed by atoms with Gasteiger partial charge in [0.1, 0.15) is 15.9 Å². The zero-order valence-corrected chi connectivity index (χ0v) is 17.1. The second kappa shape index (κ2) is 9.51. The first-order valence-electron chi connectivity index (χ1n) is 8.73. The van der Waals surface area contributed by atoms with Crippen molar-refractivity contribution in [2.45, 2.75) is 6.42 Å². The molecule has 0 unspecified atom stereocenters. The lowest BCUT2D eigenvalue weighted by Gasteiger charge is -2.14. The van der Waals surface area contributed by atoms with Gasteiger partial charge in [0.15, 0.2) is 0 Å². The summed E-state index contributed by atoms with van der Waals surface area (Å²) < 4.78 is 14.1. The van der Waals surface area contributed by atoms with Crippen molar-refractivity contribution in [1.29, 1.82) is 0 Å². The fraction of sp³-hybridized carbons (Fsp3) is 0.100. The summed E-state index contributed by atoms with van der Waals surface area (Å²) >= 11 is 6.22. The first-order valence-corrected chi connectivity index (χ1v) is 9.96. The van der Waals surface area contributed by atoms with E-state index >= 15 is 0 Å². The second-order valence-corrected chi connectivity index (χ2v) is 7.83. The molecule has 3 amide bonds. The maximum absolute atomic E-state index is 13.8. The Morgan fingerprint density at radius 1 is 1.13 bits per heavy atom. The largest absolute Gasteiger partial charge is 0.508 e. The number of nitrogens with one attached hydrogen (secondary N) is 2. The third kappa shape index (κ3) is 5.22. The van der Waals surface area contributed by atoms with E-state index in [0.29, 0.717) is 0 Å². The SMILES string of the molecule is O=C(CCN1C(=O)C(=Cc2ccccc2F)SC1=S)NNC(=O)c1ccc(O)cc1. The van der Waals surface area contributed by atoms with E-state index in [4.69, 9.17) is 12.2 Å². The van der Waals surface area contributed by atoms with Gasteiger partial charge in [0, 0.05) is 24.1 Å². The first-order chi connectivity index (χ1) is 14.3. The number of aromatic hydroxyl groups is 1. The summed E-state index contributed by atoms with van der Waals surface area (Å²) in [5, 5.41) is 9.22. The lowest BCUT2D eigenvalue weighted by molar-refractivity contribution is -0.124. The van der Waals surface area contributed by atoms with E-state index in [2.05, 4.69) is 10.9 Å². The van der Waals surface area contributed by atoms with Crippen LogP contribution < -0.4 is 10.9 Å². The topological polar surface area (TPSA) is 98.7 Å². The Kier molecular flexibility index (Phi) is 6.80. The molecule has 1 aliphatic rings. The first kappa shape index (κ1) is 21.5. The van der Waals surface area contributed by atoms with Gasteiger partial charge in [-0.05, 0) is 36.4 Å². The number of amides is 3. The van der Waals surface area contributed by atoms with Gasteiger partial charge in [-0.2, -0.15) is 0 Å². The summed E-state index contributed by atoms with van der Waals surface area (Å²) in [5.41, 5.74) is 5.03. The number of nitrogens with zero attached hydrogens (tertiary/aromatic N) is 1. The molecule has 154 valence electrons. The molecule has 1 saturated heterocycles. The summed E-state index contributed by atoms with van der Waals surface area (Å²) in [6.45, 7) is 0.0141. The summed E-state index contributed by atoms with van der Waals surface area (Å²) in [5.74, 6) is -1.92. The molecule has 0 saturated carbocycles. The molecule has 3 rings (SSSR count). The molecule has 10 heteroatoms. The highest BCUT2D eigenvalue weighted by atomic mass is 32.2. The molecule has 0 aliphatic carbocycles. The van der Waals surface area contributed by atoms with E-state index in [9.17, 15) is 23.9 Å². The van der Waals surface area contributed by atoms with Gasteiger partial charge in [-0.15, -0.1) is 0 Å². The van der Waals surface area contributed by atoms with E-state index in [1.165, 1.54) is 41.3 Å². The number of carbonyl (C=O) groups excluding carboxylic acids is 3. The fourth-order valence-electron chi connectivity index (χ4n) is 2.51. The molecule has 0 bridgehead atoms. The van der Waals surface area contributed by atoms with Crippen molar-refractivity contribution < 1.29 is 23.9 Å². The third-order valence-corrected chi connectivity index (χ3v) is 5.45. The number of phenols is 1. The van der Waals surface area contributed by atoms with Crippen molar-refractivity contribution in [2.75, 3.05) is 6.54 Å². The zero-order chi connectivity index (χ0) is 21.7. The van der Waals surface area contributed by atoms with Crippen molar-refractivity contribution in [3.63, 3.8) is 0 Å². The quantitative estimate of drug-likeness (QED) is 0.372. The van der Waals surface area contributed by atoms with Gasteiger partial charge in [-0.3, -0.25) is 30.1 Å². The van der Waals surface area contributed by atoms with Gasteiger partial charge >= 0.3 is 0 Å². The summed E-state index contributed by atoms with van der Waals surface area (Å²) in [7, 11) is 0. The Hall–Kier alpha value is -3.24. The Morgan fingerprint density at radius 2 is 1.83 bits per heavy atom. The van der Waals surface area contributed by atoms with Crippen LogP contribution in [0.1, 0.15) is 22.3 Å². The molecule has 30 heavy (non-hydrogen) atoms. The smallest absolute Gasteiger partial charge is 0.269 e. The Labute approximate surface area is 180 Å². The van der Waals surface area contributed by atoms with E-state index in [1.54, 1.807) is 18.2 Å². The van der Waals surface area contributed by atoms with Gasteiger partial charge < -0.3 is 5.11 Å². The predicted octanol–water partition coefficient (Wildman–Crippen LogP) is 2.58. The lowest BCUT2D eigenvalue weighted by atomic mass is 10.2. The molecule has 0 radical (unpaired) electrons. The highest BCUT2D eigenvalue weighted by Gasteiger charge is 2.32. The van der Waals surface area contributed by atoms with Gasteiger partial charge in [0.05, 0.1) is 4.91 Å². The molecular formula is C20H16FN3O4S2. The van der Waals surface area contributed by atoms with Crippen LogP contribution in [0.2, 0.25) is 0 Å². The minimum Gasteiger partial charge on any atom is -0.508 e. The number of carbonyl (C=O) groups is 3. The van der Waals surface area contributed by atoms with Crippen LogP contribution in [0.25, 0.3) is 6.08 Å². The van der Waals surface area contributed by atoms with Gasteiger partial charge in [-0.25, -0.2) is 4.39 Å². The molecule has 0 aromatic heterocycles. The third-order valence-electron chi connectivity index (χ3n) is 4.07. The van der Waals surface area contributed by atoms with Crippen LogP contribution in [0.5, 0.6) is 5.75 Å². The minimum atomic E-state index is -0.554. The normalized spacial score (nSPS) is 14.8. The van der Waals surface area contributed by atoms with Crippen molar-refractivity contribution >= 4 is 52.1 Å². The average molecular weight is 445 g/mol. The minimum absolute atomic E-state index is 0.0141. The highest BCUT2D eigenvalue weighted by molar-refractivity contribution is 8.26. The summed E-state index contributed by atoms with van der Waals surface area (Å²) in [6, 6.07) is 11.6. The molecule has 2 aromatic carbocycles. The summed E-state index contributed by atoms with van der Waals surface area (Å²) in [4.78, 5) is 38.0. The van der Waals surface area contributed by atoms with Crippen LogP contribution in [0, 0.1) is 5.82 Å². The van der Waals surface area contributed by atoms with Gasteiger partial charge in [-0.1, -0.05) is 42.2 Å². The average Bonchev–Trinajstić information content (AvgIpc) is 2.99. The molecule has 7 nitrogen and oxygen atoms in total. The molecule has 3 N–H and O–H groups in total. The Balaban J connectivity index is 1.52. The number of thiocarbonyl (C=S) groups is 1. The fourth-order valence-corrected chi connectivity index (χ4v) is 3.81. The number of hydrogen-bond acceptors (Lipinski definition) is 6. The van der Waals surface area contributed by atoms with Crippen molar-refractivity contribution in [2.24, 2.45) is 0 Å². The maximum Gasteiger partial charge on any atom is 0.269 e. The molecule has 1 heterocycles. The monoisotopic (exact) mass is 445 g/mol. The van der Waals surface area contributed by atoms with Gasteiger partial charge in [0.2, 0.25) is 5.91 Å². The van der Waals surface area contributed by atoms with Crippen LogP contribution in [-0.4, -0.2) is 38.6 Å². The predicted molar refractivity (Wildman–Crippen MR) is 115 cm³/mol. The van der Waals surface area contributed by atoms with E-state index < -0.39 is 23.5 Å². The van der Waals surface area contributed by atoms with Crippen molar-refractivity contribution in [1.82, 2.24) is 15.8 Å². The van der Waals surface area contributed by atoms with Crippen LogP contribution >= 0.6 is 24.0 Å². The van der Waals surface area contributed by atoms with Crippen LogP contribution in [0.3, 0.4) is 0 Å². The highest BCUT2D eigenvalue weighted by Crippen LogP contribution is 2.32. The Morgan fingerprint density at radius 3 is 2.53 bits per heavy atom. The van der Waals surface area contributed by atoms with E-state index in [-0.39, 0.29) is 39.1 Å². The lowest BCUT2D eigenvalue weighted by Crippen LogP contribution is -2.43. The number of rotatable bonds is 5. The van der Waals surface area contributed by atoms with Gasteiger partial charge in [0.25, 0.3) is 11.8 Å². The second-order valence-electron chi connectivity index (χ2n) is 6.15. The van der Waals surface area contributed by atoms with Crippen LogP contribution in [-0.2, 0) is 9.59 Å². The number of benzene rings is 2. The number of hydrogen-bond donors (Lipinski definition) is 3. The molecule has 1 fully saturated rings. The zero-order valence-electron chi connectivity index (χ0n) is 15.4. The van der Waals surface area contributed by atoms with Crippen LogP contribution in [0.15, 0.2) is 53.4 Å². The molecule has 0 spiro atoms. The molecular weight excluding hydrogens is 429 g/mol. The van der Waals surface area contributed by atoms with Crippen molar-refractivity contribution in [3.8, 4) is 5.75 Å². The summed E-state index contributed by atoms with van der Waals surface area (Å²) in [6.07, 6.45) is 1.32. The standard InChI is InChI=1S/C20H16FN3O4S2/c21-15-4-2-1-3-13(15)11-16-19(28)24(20(29)30-16)10-9-17(26)22-23-18(27)12-5-7-14(25)8-6-12/h1-8,11,25H,9-10H2,(H,22,26)(H,23,27). The van der Waals surface area contributed by atoms with Crippen LogP contribution in [0.4, 0.5) is 4.39 Å². The molecule has 0 atom stereocenters. The Bertz CT molecular complexity index is 1040. The number of halogens is 1. The maximum atomic E-state index is 13.8. The molecule has 1 aliphatic heterocycles.